The molecular weight excluding hydrogens is 444 g/mol. The SMILES string of the molecule is Cc1cc(-c2c(-c3cccc(C#N)c3)nn3ccc(C(=O)N[C@@H](C)C(C)(C)O)nc23)cc(CO)n1. The molecule has 0 aliphatic rings. The van der Waals surface area contributed by atoms with Crippen LogP contribution in [0.15, 0.2) is 48.7 Å². The molecule has 9 heteroatoms. The van der Waals surface area contributed by atoms with Gasteiger partial charge < -0.3 is 15.5 Å². The number of carbonyl (C=O) groups excluding carboxylic acids is 1. The van der Waals surface area contributed by atoms with Crippen LogP contribution in [-0.2, 0) is 6.61 Å². The molecule has 0 saturated carbocycles. The van der Waals surface area contributed by atoms with Crippen molar-refractivity contribution < 1.29 is 15.0 Å². The van der Waals surface area contributed by atoms with Crippen LogP contribution >= 0.6 is 0 Å². The zero-order valence-electron chi connectivity index (χ0n) is 19.9. The molecule has 1 aromatic carbocycles. The fourth-order valence-corrected chi connectivity index (χ4v) is 3.67. The molecular formula is C26H26N6O3. The van der Waals surface area contributed by atoms with E-state index >= 15 is 0 Å². The van der Waals surface area contributed by atoms with Crippen LogP contribution in [0.2, 0.25) is 0 Å². The average Bonchev–Trinajstić information content (AvgIpc) is 3.21. The third-order valence-electron chi connectivity index (χ3n) is 5.85. The standard InChI is InChI=1S/C26H26N6O3/c1-15-10-19(12-20(14-33)28-15)22-23(18-7-5-6-17(11-18)13-27)31-32-9-8-21(30-24(22)32)25(34)29-16(2)26(3,4)35/h5-12,16,33,35H,14H2,1-4H3,(H,29,34)/t16-/m0/s1. The number of aryl methyl sites for hydroxylation is 1. The first-order chi connectivity index (χ1) is 16.6. The lowest BCUT2D eigenvalue weighted by atomic mass is 9.99. The summed E-state index contributed by atoms with van der Waals surface area (Å²) in [4.78, 5) is 21.9. The van der Waals surface area contributed by atoms with Gasteiger partial charge in [0.25, 0.3) is 5.91 Å². The minimum Gasteiger partial charge on any atom is -0.390 e. The number of hydrogen-bond acceptors (Lipinski definition) is 7. The van der Waals surface area contributed by atoms with Gasteiger partial charge in [0.05, 0.1) is 41.1 Å². The smallest absolute Gasteiger partial charge is 0.270 e. The van der Waals surface area contributed by atoms with E-state index in [2.05, 4.69) is 21.4 Å². The quantitative estimate of drug-likeness (QED) is 0.394. The van der Waals surface area contributed by atoms with Gasteiger partial charge in [0.2, 0.25) is 0 Å². The first-order valence-electron chi connectivity index (χ1n) is 11.1. The van der Waals surface area contributed by atoms with E-state index in [1.165, 1.54) is 0 Å². The summed E-state index contributed by atoms with van der Waals surface area (Å²) in [6.07, 6.45) is 1.65. The number of carbonyl (C=O) groups is 1. The van der Waals surface area contributed by atoms with Crippen molar-refractivity contribution in [1.29, 1.82) is 5.26 Å². The summed E-state index contributed by atoms with van der Waals surface area (Å²) in [5.41, 5.74) is 3.84. The number of amides is 1. The van der Waals surface area contributed by atoms with E-state index in [1.54, 1.807) is 61.8 Å². The van der Waals surface area contributed by atoms with Crippen molar-refractivity contribution in [2.75, 3.05) is 0 Å². The lowest BCUT2D eigenvalue weighted by Crippen LogP contribution is -2.47. The topological polar surface area (TPSA) is 136 Å². The Morgan fingerprint density at radius 3 is 2.66 bits per heavy atom. The maximum absolute atomic E-state index is 12.9. The highest BCUT2D eigenvalue weighted by molar-refractivity contribution is 5.95. The molecule has 4 aromatic rings. The van der Waals surface area contributed by atoms with Gasteiger partial charge >= 0.3 is 0 Å². The summed E-state index contributed by atoms with van der Waals surface area (Å²) in [6.45, 7) is 6.56. The van der Waals surface area contributed by atoms with E-state index in [0.717, 1.165) is 5.56 Å². The van der Waals surface area contributed by atoms with Crippen LogP contribution in [0.3, 0.4) is 0 Å². The van der Waals surface area contributed by atoms with Crippen LogP contribution in [0, 0.1) is 18.3 Å². The van der Waals surface area contributed by atoms with E-state index in [0.29, 0.717) is 39.4 Å². The molecule has 0 spiro atoms. The van der Waals surface area contributed by atoms with Gasteiger partial charge in [-0.15, -0.1) is 0 Å². The molecule has 4 rings (SSSR count). The molecule has 1 amide bonds. The molecule has 1 atom stereocenters. The number of rotatable bonds is 6. The maximum atomic E-state index is 12.9. The third-order valence-corrected chi connectivity index (χ3v) is 5.85. The van der Waals surface area contributed by atoms with Gasteiger partial charge in [-0.05, 0) is 63.6 Å². The number of aliphatic hydroxyl groups excluding tert-OH is 1. The fraction of sp³-hybridized carbons (Fsp3) is 0.269. The van der Waals surface area contributed by atoms with E-state index in [1.807, 2.05) is 19.1 Å². The predicted octanol–water partition coefficient (Wildman–Crippen LogP) is 3.02. The van der Waals surface area contributed by atoms with Gasteiger partial charge in [0.1, 0.15) is 11.4 Å². The number of aliphatic hydroxyl groups is 2. The fourth-order valence-electron chi connectivity index (χ4n) is 3.67. The number of nitrogens with zero attached hydrogens (tertiary/aromatic N) is 5. The van der Waals surface area contributed by atoms with E-state index in [9.17, 15) is 20.3 Å². The molecule has 0 aliphatic carbocycles. The average molecular weight is 471 g/mol. The first kappa shape index (κ1) is 24.0. The van der Waals surface area contributed by atoms with E-state index < -0.39 is 17.6 Å². The van der Waals surface area contributed by atoms with Crippen molar-refractivity contribution >= 4 is 11.6 Å². The molecule has 3 aromatic heterocycles. The van der Waals surface area contributed by atoms with Crippen LogP contribution in [-0.4, -0.2) is 47.3 Å². The summed E-state index contributed by atoms with van der Waals surface area (Å²) < 4.78 is 1.58. The Bertz CT molecular complexity index is 1460. The number of hydrogen-bond donors (Lipinski definition) is 3. The van der Waals surface area contributed by atoms with Crippen LogP contribution in [0.1, 0.15) is 48.2 Å². The lowest BCUT2D eigenvalue weighted by Gasteiger charge is -2.26. The Morgan fingerprint density at radius 2 is 1.97 bits per heavy atom. The number of nitriles is 1. The molecule has 9 nitrogen and oxygen atoms in total. The number of nitrogens with one attached hydrogen (secondary N) is 1. The van der Waals surface area contributed by atoms with Gasteiger partial charge in [0.15, 0.2) is 5.65 Å². The lowest BCUT2D eigenvalue weighted by molar-refractivity contribution is 0.0407. The second-order valence-corrected chi connectivity index (χ2v) is 8.99. The van der Waals surface area contributed by atoms with Crippen LogP contribution in [0.25, 0.3) is 28.0 Å². The molecule has 0 fully saturated rings. The normalized spacial score (nSPS) is 12.4. The van der Waals surface area contributed by atoms with Gasteiger partial charge in [-0.1, -0.05) is 12.1 Å². The van der Waals surface area contributed by atoms with Crippen LogP contribution < -0.4 is 5.32 Å². The maximum Gasteiger partial charge on any atom is 0.270 e. The Hall–Kier alpha value is -4.13. The summed E-state index contributed by atoms with van der Waals surface area (Å²) in [5, 5.41) is 36.8. The highest BCUT2D eigenvalue weighted by atomic mass is 16.3. The highest BCUT2D eigenvalue weighted by Gasteiger charge is 2.26. The molecule has 0 radical (unpaired) electrons. The van der Waals surface area contributed by atoms with E-state index in [4.69, 9.17) is 5.10 Å². The van der Waals surface area contributed by atoms with Crippen molar-refractivity contribution in [3.05, 3.63) is 71.3 Å². The summed E-state index contributed by atoms with van der Waals surface area (Å²) in [5.74, 6) is -0.427. The number of pyridine rings is 1. The molecule has 35 heavy (non-hydrogen) atoms. The molecule has 178 valence electrons. The summed E-state index contributed by atoms with van der Waals surface area (Å²) >= 11 is 0. The minimum absolute atomic E-state index is 0.167. The molecule has 0 unspecified atom stereocenters. The largest absolute Gasteiger partial charge is 0.390 e. The van der Waals surface area contributed by atoms with Crippen molar-refractivity contribution in [3.8, 4) is 28.5 Å². The minimum atomic E-state index is -1.10. The number of benzene rings is 1. The second-order valence-electron chi connectivity index (χ2n) is 8.99. The predicted molar refractivity (Wildman–Crippen MR) is 130 cm³/mol. The van der Waals surface area contributed by atoms with E-state index in [-0.39, 0.29) is 12.3 Å². The van der Waals surface area contributed by atoms with Gasteiger partial charge in [-0.3, -0.25) is 9.78 Å². The number of fused-ring (bicyclic) bond motifs is 1. The van der Waals surface area contributed by atoms with Crippen LogP contribution in [0.5, 0.6) is 0 Å². The zero-order valence-corrected chi connectivity index (χ0v) is 19.9. The first-order valence-corrected chi connectivity index (χ1v) is 11.1. The molecule has 0 bridgehead atoms. The van der Waals surface area contributed by atoms with Crippen LogP contribution in [0.4, 0.5) is 0 Å². The molecule has 3 heterocycles. The van der Waals surface area contributed by atoms with Crippen molar-refractivity contribution in [2.24, 2.45) is 0 Å². The number of aromatic nitrogens is 4. The second kappa shape index (κ2) is 9.25. The molecule has 0 aliphatic heterocycles. The Balaban J connectivity index is 1.93. The third kappa shape index (κ3) is 4.89. The Kier molecular flexibility index (Phi) is 6.35. The monoisotopic (exact) mass is 470 g/mol. The van der Waals surface area contributed by atoms with Gasteiger partial charge in [-0.25, -0.2) is 9.50 Å². The summed E-state index contributed by atoms with van der Waals surface area (Å²) in [7, 11) is 0. The zero-order chi connectivity index (χ0) is 25.3. The van der Waals surface area contributed by atoms with Crippen molar-refractivity contribution in [1.82, 2.24) is 24.9 Å². The van der Waals surface area contributed by atoms with Gasteiger partial charge in [-0.2, -0.15) is 10.4 Å². The highest BCUT2D eigenvalue weighted by Crippen LogP contribution is 2.35. The molecule has 0 saturated heterocycles. The van der Waals surface area contributed by atoms with Gasteiger partial charge in [0, 0.05) is 17.5 Å². The Labute approximate surface area is 202 Å². The Morgan fingerprint density at radius 1 is 1.20 bits per heavy atom. The van der Waals surface area contributed by atoms with Crippen molar-refractivity contribution in [2.45, 2.75) is 45.9 Å². The van der Waals surface area contributed by atoms with Crippen molar-refractivity contribution in [3.63, 3.8) is 0 Å². The summed E-state index contributed by atoms with van der Waals surface area (Å²) in [6, 6.07) is 13.9. The molecule has 3 N–H and O–H groups in total.